The average Bonchev–Trinajstić information content (AvgIpc) is 2.28. The van der Waals surface area contributed by atoms with E-state index in [1.54, 1.807) is 14.2 Å². The van der Waals surface area contributed by atoms with Crippen LogP contribution in [0.3, 0.4) is 0 Å². The van der Waals surface area contributed by atoms with Gasteiger partial charge >= 0.3 is 0 Å². The third kappa shape index (κ3) is 2.40. The molecule has 2 N–H and O–H groups in total. The number of hydrogen-bond acceptors (Lipinski definition) is 4. The van der Waals surface area contributed by atoms with Gasteiger partial charge in [0, 0.05) is 11.1 Å². The van der Waals surface area contributed by atoms with E-state index < -0.39 is 0 Å². The highest BCUT2D eigenvalue weighted by molar-refractivity contribution is 5.50. The van der Waals surface area contributed by atoms with Crippen molar-refractivity contribution in [3.8, 4) is 11.5 Å². The number of hydrogen-bond donors (Lipinski definition) is 1. The predicted octanol–water partition coefficient (Wildman–Crippen LogP) is 1.66. The van der Waals surface area contributed by atoms with Crippen LogP contribution in [0.2, 0.25) is 0 Å². The van der Waals surface area contributed by atoms with E-state index in [2.05, 4.69) is 4.84 Å². The maximum Gasteiger partial charge on any atom is 0.131 e. The monoisotopic (exact) mass is 211 g/mol. The van der Waals surface area contributed by atoms with Gasteiger partial charge in [-0.3, -0.25) is 4.84 Å². The van der Waals surface area contributed by atoms with Crippen LogP contribution in [0.1, 0.15) is 18.1 Å². The van der Waals surface area contributed by atoms with Crippen LogP contribution in [-0.4, -0.2) is 14.2 Å². The first-order valence-electron chi connectivity index (χ1n) is 4.82. The molecule has 15 heavy (non-hydrogen) atoms. The number of nitrogens with two attached hydrogens (primary N) is 1. The van der Waals surface area contributed by atoms with Gasteiger partial charge < -0.3 is 9.47 Å². The molecule has 0 fully saturated rings. The number of benzene rings is 1. The van der Waals surface area contributed by atoms with Gasteiger partial charge in [-0.1, -0.05) is 6.92 Å². The van der Waals surface area contributed by atoms with Gasteiger partial charge in [0.05, 0.1) is 20.8 Å². The standard InChI is InChI=1S/C11H17NO3/c1-4-9-10(13-2)6-5-8(7-15-12)11(9)14-3/h5-6H,4,7,12H2,1-3H3. The smallest absolute Gasteiger partial charge is 0.131 e. The van der Waals surface area contributed by atoms with Crippen LogP contribution >= 0.6 is 0 Å². The Morgan fingerprint density at radius 1 is 1.20 bits per heavy atom. The molecule has 1 aromatic rings. The summed E-state index contributed by atoms with van der Waals surface area (Å²) < 4.78 is 10.6. The molecular formula is C11H17NO3. The Labute approximate surface area is 89.9 Å². The molecule has 0 aliphatic heterocycles. The zero-order valence-electron chi connectivity index (χ0n) is 9.37. The summed E-state index contributed by atoms with van der Waals surface area (Å²) in [7, 11) is 3.28. The highest BCUT2D eigenvalue weighted by Gasteiger charge is 2.12. The van der Waals surface area contributed by atoms with Crippen molar-refractivity contribution in [2.75, 3.05) is 14.2 Å². The van der Waals surface area contributed by atoms with Crippen molar-refractivity contribution in [1.82, 2.24) is 0 Å². The van der Waals surface area contributed by atoms with Crippen molar-refractivity contribution in [1.29, 1.82) is 0 Å². The van der Waals surface area contributed by atoms with Crippen molar-refractivity contribution in [3.63, 3.8) is 0 Å². The lowest BCUT2D eigenvalue weighted by Crippen LogP contribution is -2.04. The van der Waals surface area contributed by atoms with E-state index >= 15 is 0 Å². The summed E-state index contributed by atoms with van der Waals surface area (Å²) in [5.41, 5.74) is 1.97. The van der Waals surface area contributed by atoms with Crippen LogP contribution in [0.5, 0.6) is 11.5 Å². The molecule has 4 heteroatoms. The topological polar surface area (TPSA) is 53.7 Å². The van der Waals surface area contributed by atoms with Crippen LogP contribution < -0.4 is 15.4 Å². The third-order valence-electron chi connectivity index (χ3n) is 2.32. The van der Waals surface area contributed by atoms with E-state index in [0.717, 1.165) is 29.0 Å². The first-order valence-corrected chi connectivity index (χ1v) is 4.82. The quantitative estimate of drug-likeness (QED) is 0.752. The van der Waals surface area contributed by atoms with Gasteiger partial charge in [0.1, 0.15) is 11.5 Å². The van der Waals surface area contributed by atoms with E-state index in [0.29, 0.717) is 6.61 Å². The number of rotatable bonds is 5. The molecule has 4 nitrogen and oxygen atoms in total. The molecule has 0 aliphatic rings. The Morgan fingerprint density at radius 2 is 1.93 bits per heavy atom. The molecular weight excluding hydrogens is 194 g/mol. The zero-order valence-corrected chi connectivity index (χ0v) is 9.37. The van der Waals surface area contributed by atoms with E-state index in [-0.39, 0.29) is 0 Å². The van der Waals surface area contributed by atoms with Gasteiger partial charge in [0.25, 0.3) is 0 Å². The van der Waals surface area contributed by atoms with Gasteiger partial charge in [-0.25, -0.2) is 5.90 Å². The molecule has 0 saturated heterocycles. The SMILES string of the molecule is CCc1c(OC)ccc(CON)c1OC. The maximum atomic E-state index is 5.35. The summed E-state index contributed by atoms with van der Waals surface area (Å²) in [6, 6.07) is 3.79. The van der Waals surface area contributed by atoms with Crippen LogP contribution in [0.25, 0.3) is 0 Å². The summed E-state index contributed by atoms with van der Waals surface area (Å²) in [6.07, 6.45) is 0.838. The van der Waals surface area contributed by atoms with Gasteiger partial charge in [0.15, 0.2) is 0 Å². The molecule has 1 aromatic carbocycles. The summed E-state index contributed by atoms with van der Waals surface area (Å²) >= 11 is 0. The minimum absolute atomic E-state index is 0.333. The highest BCUT2D eigenvalue weighted by Crippen LogP contribution is 2.32. The van der Waals surface area contributed by atoms with Gasteiger partial charge in [-0.2, -0.15) is 0 Å². The molecule has 0 heterocycles. The van der Waals surface area contributed by atoms with Crippen molar-refractivity contribution in [2.45, 2.75) is 20.0 Å². The molecule has 0 atom stereocenters. The molecule has 1 rings (SSSR count). The Kier molecular flexibility index (Phi) is 4.39. The van der Waals surface area contributed by atoms with E-state index in [9.17, 15) is 0 Å². The molecule has 0 unspecified atom stereocenters. The molecule has 0 bridgehead atoms. The van der Waals surface area contributed by atoms with Crippen molar-refractivity contribution >= 4 is 0 Å². The summed E-state index contributed by atoms with van der Waals surface area (Å²) in [6.45, 7) is 2.38. The lowest BCUT2D eigenvalue weighted by molar-refractivity contribution is 0.122. The zero-order chi connectivity index (χ0) is 11.3. The van der Waals surface area contributed by atoms with E-state index in [1.807, 2.05) is 19.1 Å². The van der Waals surface area contributed by atoms with Crippen LogP contribution in [0.4, 0.5) is 0 Å². The molecule has 0 saturated carbocycles. The van der Waals surface area contributed by atoms with Crippen molar-refractivity contribution < 1.29 is 14.3 Å². The van der Waals surface area contributed by atoms with Gasteiger partial charge in [-0.15, -0.1) is 0 Å². The van der Waals surface area contributed by atoms with Gasteiger partial charge in [0.2, 0.25) is 0 Å². The van der Waals surface area contributed by atoms with Crippen LogP contribution in [0, 0.1) is 0 Å². The molecule has 0 spiro atoms. The Bertz CT molecular complexity index is 326. The predicted molar refractivity (Wildman–Crippen MR) is 57.9 cm³/mol. The Balaban J connectivity index is 3.21. The van der Waals surface area contributed by atoms with Crippen molar-refractivity contribution in [2.24, 2.45) is 5.90 Å². The lowest BCUT2D eigenvalue weighted by atomic mass is 10.1. The third-order valence-corrected chi connectivity index (χ3v) is 2.32. The summed E-state index contributed by atoms with van der Waals surface area (Å²) in [4.78, 5) is 4.62. The second kappa shape index (κ2) is 5.58. The molecule has 0 amide bonds. The minimum atomic E-state index is 0.333. The molecule has 0 aliphatic carbocycles. The van der Waals surface area contributed by atoms with E-state index in [4.69, 9.17) is 15.4 Å². The Morgan fingerprint density at radius 3 is 2.40 bits per heavy atom. The molecule has 0 radical (unpaired) electrons. The fourth-order valence-corrected chi connectivity index (χ4v) is 1.64. The molecule has 0 aromatic heterocycles. The largest absolute Gasteiger partial charge is 0.496 e. The van der Waals surface area contributed by atoms with Crippen LogP contribution in [-0.2, 0) is 17.9 Å². The first kappa shape index (κ1) is 11.8. The van der Waals surface area contributed by atoms with E-state index in [1.165, 1.54) is 0 Å². The minimum Gasteiger partial charge on any atom is -0.496 e. The normalized spacial score (nSPS) is 10.1. The highest BCUT2D eigenvalue weighted by atomic mass is 16.6. The summed E-state index contributed by atoms with van der Waals surface area (Å²) in [5.74, 6) is 6.68. The lowest BCUT2D eigenvalue weighted by Gasteiger charge is -2.15. The van der Waals surface area contributed by atoms with Crippen molar-refractivity contribution in [3.05, 3.63) is 23.3 Å². The molecule has 84 valence electrons. The fraction of sp³-hybridized carbons (Fsp3) is 0.455. The average molecular weight is 211 g/mol. The number of methoxy groups -OCH3 is 2. The second-order valence-electron chi connectivity index (χ2n) is 3.10. The first-order chi connectivity index (χ1) is 7.28. The maximum absolute atomic E-state index is 5.35. The fourth-order valence-electron chi connectivity index (χ4n) is 1.64. The van der Waals surface area contributed by atoms with Gasteiger partial charge in [-0.05, 0) is 18.6 Å². The Hall–Kier alpha value is -1.26. The summed E-state index contributed by atoms with van der Waals surface area (Å²) in [5, 5.41) is 0. The number of ether oxygens (including phenoxy) is 2. The van der Waals surface area contributed by atoms with Crippen LogP contribution in [0.15, 0.2) is 12.1 Å². The second-order valence-corrected chi connectivity index (χ2v) is 3.10.